The zero-order valence-electron chi connectivity index (χ0n) is 12.6. The van der Waals surface area contributed by atoms with Crippen LogP contribution in [0, 0.1) is 11.8 Å². The molecule has 1 N–H and O–H groups in total. The van der Waals surface area contributed by atoms with Gasteiger partial charge in [0.25, 0.3) is 0 Å². The second kappa shape index (κ2) is 7.08. The summed E-state index contributed by atoms with van der Waals surface area (Å²) in [5, 5.41) is 3.68. The minimum absolute atomic E-state index is 0.834. The summed E-state index contributed by atoms with van der Waals surface area (Å²) in [7, 11) is 0. The molecule has 0 aromatic rings. The van der Waals surface area contributed by atoms with Gasteiger partial charge in [-0.25, -0.2) is 0 Å². The SMILES string of the molecule is C1CCC(CCCN2CCC3CCCCC3C2)NC1. The van der Waals surface area contributed by atoms with Crippen LogP contribution in [0.25, 0.3) is 0 Å². The van der Waals surface area contributed by atoms with Crippen LogP contribution in [0.15, 0.2) is 0 Å². The molecule has 0 amide bonds. The van der Waals surface area contributed by atoms with E-state index in [-0.39, 0.29) is 0 Å². The molecule has 2 saturated heterocycles. The van der Waals surface area contributed by atoms with Gasteiger partial charge in [-0.3, -0.25) is 0 Å². The van der Waals surface area contributed by atoms with Gasteiger partial charge in [0.2, 0.25) is 0 Å². The molecule has 2 aliphatic heterocycles. The van der Waals surface area contributed by atoms with E-state index in [0.29, 0.717) is 0 Å². The third kappa shape index (κ3) is 3.95. The summed E-state index contributed by atoms with van der Waals surface area (Å²) >= 11 is 0. The number of hydrogen-bond acceptors (Lipinski definition) is 2. The van der Waals surface area contributed by atoms with Crippen LogP contribution >= 0.6 is 0 Å². The Bertz CT molecular complexity index is 260. The molecule has 3 fully saturated rings. The molecule has 0 bridgehead atoms. The van der Waals surface area contributed by atoms with Crippen molar-refractivity contribution in [2.45, 2.75) is 70.3 Å². The van der Waals surface area contributed by atoms with E-state index in [0.717, 1.165) is 17.9 Å². The molecule has 3 unspecified atom stereocenters. The summed E-state index contributed by atoms with van der Waals surface area (Å²) in [5.41, 5.74) is 0. The lowest BCUT2D eigenvalue weighted by atomic mass is 9.75. The Balaban J connectivity index is 1.34. The van der Waals surface area contributed by atoms with Crippen LogP contribution in [0.5, 0.6) is 0 Å². The first-order valence-corrected chi connectivity index (χ1v) is 8.87. The van der Waals surface area contributed by atoms with Gasteiger partial charge in [-0.05, 0) is 70.0 Å². The zero-order valence-corrected chi connectivity index (χ0v) is 12.6. The van der Waals surface area contributed by atoms with E-state index in [1.54, 1.807) is 0 Å². The molecule has 0 spiro atoms. The van der Waals surface area contributed by atoms with Gasteiger partial charge in [-0.15, -0.1) is 0 Å². The van der Waals surface area contributed by atoms with E-state index in [9.17, 15) is 0 Å². The van der Waals surface area contributed by atoms with Crippen molar-refractivity contribution in [1.82, 2.24) is 10.2 Å². The van der Waals surface area contributed by atoms with Gasteiger partial charge in [-0.1, -0.05) is 25.7 Å². The molecule has 0 aromatic heterocycles. The molecule has 3 atom stereocenters. The molecule has 2 heteroatoms. The first kappa shape index (κ1) is 13.9. The normalized spacial score (nSPS) is 36.9. The Kier molecular flexibility index (Phi) is 5.17. The Hall–Kier alpha value is -0.0800. The third-order valence-electron chi connectivity index (χ3n) is 5.81. The Morgan fingerprint density at radius 1 is 0.895 bits per heavy atom. The first-order valence-electron chi connectivity index (χ1n) is 8.87. The summed E-state index contributed by atoms with van der Waals surface area (Å²) in [4.78, 5) is 2.77. The van der Waals surface area contributed by atoms with Crippen LogP contribution in [0.3, 0.4) is 0 Å². The number of hydrogen-bond donors (Lipinski definition) is 1. The van der Waals surface area contributed by atoms with Gasteiger partial charge in [-0.2, -0.15) is 0 Å². The quantitative estimate of drug-likeness (QED) is 0.837. The largest absolute Gasteiger partial charge is 0.314 e. The standard InChI is InChI=1S/C17H32N2/c1-2-7-16-14-19(13-10-15(16)6-1)12-5-9-17-8-3-4-11-18-17/h15-18H,1-14H2. The highest BCUT2D eigenvalue weighted by Crippen LogP contribution is 2.36. The monoisotopic (exact) mass is 264 g/mol. The predicted octanol–water partition coefficient (Wildman–Crippen LogP) is 3.42. The summed E-state index contributed by atoms with van der Waals surface area (Å²) in [6.45, 7) is 5.43. The maximum atomic E-state index is 3.68. The fourth-order valence-electron chi connectivity index (χ4n) is 4.61. The molecule has 3 rings (SSSR count). The Morgan fingerprint density at radius 3 is 2.58 bits per heavy atom. The van der Waals surface area contributed by atoms with Gasteiger partial charge in [0, 0.05) is 12.6 Å². The fourth-order valence-corrected chi connectivity index (χ4v) is 4.61. The van der Waals surface area contributed by atoms with Crippen LogP contribution in [-0.4, -0.2) is 37.1 Å². The van der Waals surface area contributed by atoms with Crippen molar-refractivity contribution in [3.63, 3.8) is 0 Å². The van der Waals surface area contributed by atoms with Gasteiger partial charge >= 0.3 is 0 Å². The average Bonchev–Trinajstić information content (AvgIpc) is 2.48. The molecule has 110 valence electrons. The van der Waals surface area contributed by atoms with Crippen molar-refractivity contribution < 1.29 is 0 Å². The summed E-state index contributed by atoms with van der Waals surface area (Å²) in [5.74, 6) is 2.14. The maximum absolute atomic E-state index is 3.68. The average molecular weight is 264 g/mol. The van der Waals surface area contributed by atoms with Crippen LogP contribution < -0.4 is 5.32 Å². The number of rotatable bonds is 4. The van der Waals surface area contributed by atoms with Crippen LogP contribution in [0.1, 0.15) is 64.2 Å². The summed E-state index contributed by atoms with van der Waals surface area (Å²) < 4.78 is 0. The number of nitrogens with zero attached hydrogens (tertiary/aromatic N) is 1. The number of nitrogens with one attached hydrogen (secondary N) is 1. The van der Waals surface area contributed by atoms with Crippen molar-refractivity contribution in [1.29, 1.82) is 0 Å². The molecule has 0 radical (unpaired) electrons. The molecule has 3 aliphatic rings. The van der Waals surface area contributed by atoms with Gasteiger partial charge in [0.05, 0.1) is 0 Å². The van der Waals surface area contributed by atoms with E-state index in [2.05, 4.69) is 10.2 Å². The van der Waals surface area contributed by atoms with Gasteiger partial charge in [0.1, 0.15) is 0 Å². The lowest BCUT2D eigenvalue weighted by Gasteiger charge is -2.41. The molecule has 0 aromatic carbocycles. The van der Waals surface area contributed by atoms with E-state index < -0.39 is 0 Å². The third-order valence-corrected chi connectivity index (χ3v) is 5.81. The first-order chi connectivity index (χ1) is 9.42. The predicted molar refractivity (Wildman–Crippen MR) is 81.4 cm³/mol. The second-order valence-electron chi connectivity index (χ2n) is 7.18. The second-order valence-corrected chi connectivity index (χ2v) is 7.18. The van der Waals surface area contributed by atoms with Gasteiger partial charge < -0.3 is 10.2 Å². The van der Waals surface area contributed by atoms with Crippen molar-refractivity contribution in [2.75, 3.05) is 26.2 Å². The van der Waals surface area contributed by atoms with Crippen LogP contribution in [-0.2, 0) is 0 Å². The van der Waals surface area contributed by atoms with Crippen LogP contribution in [0.4, 0.5) is 0 Å². The molecule has 19 heavy (non-hydrogen) atoms. The summed E-state index contributed by atoms with van der Waals surface area (Å²) in [6, 6.07) is 0.834. The topological polar surface area (TPSA) is 15.3 Å². The van der Waals surface area contributed by atoms with Crippen molar-refractivity contribution >= 4 is 0 Å². The van der Waals surface area contributed by atoms with Crippen LogP contribution in [0.2, 0.25) is 0 Å². The summed E-state index contributed by atoms with van der Waals surface area (Å²) in [6.07, 6.45) is 14.6. The Labute approximate surface area is 119 Å². The van der Waals surface area contributed by atoms with E-state index in [1.165, 1.54) is 90.4 Å². The fraction of sp³-hybridized carbons (Fsp3) is 1.00. The van der Waals surface area contributed by atoms with Crippen molar-refractivity contribution in [3.05, 3.63) is 0 Å². The highest BCUT2D eigenvalue weighted by Gasteiger charge is 2.30. The molecular formula is C17H32N2. The van der Waals surface area contributed by atoms with Crippen molar-refractivity contribution in [2.24, 2.45) is 11.8 Å². The van der Waals surface area contributed by atoms with E-state index in [1.807, 2.05) is 0 Å². The molecular weight excluding hydrogens is 232 g/mol. The minimum Gasteiger partial charge on any atom is -0.314 e. The highest BCUT2D eigenvalue weighted by molar-refractivity contribution is 4.83. The van der Waals surface area contributed by atoms with Gasteiger partial charge in [0.15, 0.2) is 0 Å². The number of likely N-dealkylation sites (tertiary alicyclic amines) is 1. The highest BCUT2D eigenvalue weighted by atomic mass is 15.1. The number of fused-ring (bicyclic) bond motifs is 1. The smallest absolute Gasteiger partial charge is 0.00675 e. The van der Waals surface area contributed by atoms with E-state index >= 15 is 0 Å². The lowest BCUT2D eigenvalue weighted by molar-refractivity contribution is 0.0849. The molecule has 2 heterocycles. The molecule has 1 aliphatic carbocycles. The molecule has 2 nitrogen and oxygen atoms in total. The van der Waals surface area contributed by atoms with E-state index in [4.69, 9.17) is 0 Å². The molecule has 1 saturated carbocycles. The zero-order chi connectivity index (χ0) is 12.9. The van der Waals surface area contributed by atoms with Crippen molar-refractivity contribution in [3.8, 4) is 0 Å². The minimum atomic E-state index is 0.834. The Morgan fingerprint density at radius 2 is 1.74 bits per heavy atom. The number of piperidine rings is 2. The maximum Gasteiger partial charge on any atom is 0.00675 e. The lowest BCUT2D eigenvalue weighted by Crippen LogP contribution is -2.42.